The van der Waals surface area contributed by atoms with Gasteiger partial charge in [0, 0.05) is 25.4 Å². The molecule has 1 aromatic heterocycles. The van der Waals surface area contributed by atoms with Gasteiger partial charge in [-0.2, -0.15) is 4.98 Å². The topological polar surface area (TPSA) is 77.7 Å². The number of likely N-dealkylation sites (tertiary alicyclic amines) is 1. The molecule has 0 bridgehead atoms. The Morgan fingerprint density at radius 3 is 2.47 bits per heavy atom. The van der Waals surface area contributed by atoms with Crippen molar-refractivity contribution >= 4 is 5.91 Å². The van der Waals surface area contributed by atoms with Crippen LogP contribution in [0.4, 0.5) is 4.39 Å². The predicted octanol–water partition coefficient (Wildman–Crippen LogP) is 4.14. The van der Waals surface area contributed by atoms with E-state index in [1.54, 1.807) is 19.2 Å². The maximum atomic E-state index is 13.0. The minimum absolute atomic E-state index is 0.126. The zero-order valence-electron chi connectivity index (χ0n) is 18.0. The molecule has 1 aliphatic rings. The first-order chi connectivity index (χ1) is 15.6. The lowest BCUT2D eigenvalue weighted by Crippen LogP contribution is -2.38. The zero-order valence-corrected chi connectivity index (χ0v) is 18.0. The molecule has 168 valence electrons. The van der Waals surface area contributed by atoms with E-state index in [2.05, 4.69) is 10.1 Å². The number of aromatic nitrogens is 2. The molecule has 0 atom stereocenters. The van der Waals surface area contributed by atoms with Crippen molar-refractivity contribution in [3.8, 4) is 11.5 Å². The monoisotopic (exact) mass is 439 g/mol. The van der Waals surface area contributed by atoms with Gasteiger partial charge in [-0.25, -0.2) is 4.39 Å². The summed E-state index contributed by atoms with van der Waals surface area (Å²) >= 11 is 0. The number of methoxy groups -OCH3 is 1. The SMILES string of the molecule is COc1ccc(CCC(=O)N2CCC(c3noc(COc4ccc(F)cc4)n3)CC2)cc1. The summed E-state index contributed by atoms with van der Waals surface area (Å²) in [5.41, 5.74) is 1.12. The second kappa shape index (κ2) is 10.3. The van der Waals surface area contributed by atoms with Crippen molar-refractivity contribution in [2.45, 2.75) is 38.2 Å². The smallest absolute Gasteiger partial charge is 0.264 e. The minimum atomic E-state index is -0.317. The number of halogens is 1. The number of carbonyl (C=O) groups is 1. The van der Waals surface area contributed by atoms with E-state index in [0.717, 1.165) is 24.2 Å². The molecule has 0 radical (unpaired) electrons. The second-order valence-corrected chi connectivity index (χ2v) is 7.79. The molecule has 1 saturated heterocycles. The molecule has 2 heterocycles. The summed E-state index contributed by atoms with van der Waals surface area (Å²) in [4.78, 5) is 18.9. The molecule has 0 N–H and O–H groups in total. The highest BCUT2D eigenvalue weighted by molar-refractivity contribution is 5.76. The highest BCUT2D eigenvalue weighted by Crippen LogP contribution is 2.27. The molecule has 0 unspecified atom stereocenters. The molecule has 1 fully saturated rings. The van der Waals surface area contributed by atoms with E-state index >= 15 is 0 Å². The van der Waals surface area contributed by atoms with Crippen LogP contribution in [0.5, 0.6) is 11.5 Å². The van der Waals surface area contributed by atoms with Gasteiger partial charge in [-0.1, -0.05) is 17.3 Å². The van der Waals surface area contributed by atoms with E-state index < -0.39 is 0 Å². The zero-order chi connectivity index (χ0) is 22.3. The molecule has 0 spiro atoms. The molecule has 0 aliphatic carbocycles. The van der Waals surface area contributed by atoms with E-state index in [-0.39, 0.29) is 24.2 Å². The number of aryl methyl sites for hydroxylation is 1. The quantitative estimate of drug-likeness (QED) is 0.525. The number of piperidine rings is 1. The van der Waals surface area contributed by atoms with Crippen LogP contribution in [0.2, 0.25) is 0 Å². The van der Waals surface area contributed by atoms with Gasteiger partial charge in [-0.15, -0.1) is 0 Å². The Morgan fingerprint density at radius 1 is 1.09 bits per heavy atom. The summed E-state index contributed by atoms with van der Waals surface area (Å²) in [5.74, 6) is 2.38. The molecule has 3 aromatic rings. The van der Waals surface area contributed by atoms with Gasteiger partial charge in [0.1, 0.15) is 17.3 Å². The number of hydrogen-bond donors (Lipinski definition) is 0. The van der Waals surface area contributed by atoms with E-state index in [9.17, 15) is 9.18 Å². The second-order valence-electron chi connectivity index (χ2n) is 7.79. The van der Waals surface area contributed by atoms with Gasteiger partial charge in [-0.3, -0.25) is 4.79 Å². The first-order valence-electron chi connectivity index (χ1n) is 10.7. The number of benzene rings is 2. The third-order valence-corrected chi connectivity index (χ3v) is 5.66. The number of nitrogens with zero attached hydrogens (tertiary/aromatic N) is 3. The van der Waals surface area contributed by atoms with E-state index in [1.165, 1.54) is 12.1 Å². The van der Waals surface area contributed by atoms with Crippen LogP contribution in [0, 0.1) is 5.82 Å². The predicted molar refractivity (Wildman–Crippen MR) is 115 cm³/mol. The summed E-state index contributed by atoms with van der Waals surface area (Å²) in [6, 6.07) is 13.6. The van der Waals surface area contributed by atoms with Crippen LogP contribution >= 0.6 is 0 Å². The minimum Gasteiger partial charge on any atom is -0.497 e. The molecule has 7 nitrogen and oxygen atoms in total. The molecule has 1 amide bonds. The average molecular weight is 439 g/mol. The largest absolute Gasteiger partial charge is 0.497 e. The van der Waals surface area contributed by atoms with Gasteiger partial charge in [0.05, 0.1) is 7.11 Å². The highest BCUT2D eigenvalue weighted by Gasteiger charge is 2.27. The van der Waals surface area contributed by atoms with Gasteiger partial charge in [0.2, 0.25) is 5.91 Å². The maximum absolute atomic E-state index is 13.0. The molecular formula is C24H26FN3O4. The maximum Gasteiger partial charge on any atom is 0.264 e. The molecule has 1 aliphatic heterocycles. The van der Waals surface area contributed by atoms with Crippen molar-refractivity contribution in [3.05, 3.63) is 71.6 Å². The van der Waals surface area contributed by atoms with Crippen LogP contribution in [-0.4, -0.2) is 41.1 Å². The number of hydrogen-bond acceptors (Lipinski definition) is 6. The van der Waals surface area contributed by atoms with Crippen LogP contribution in [0.1, 0.15) is 42.5 Å². The standard InChI is InChI=1S/C24H26FN3O4/c1-30-20-7-2-17(3-8-20)4-11-23(29)28-14-12-18(13-15-28)24-26-22(32-27-24)16-31-21-9-5-19(25)6-10-21/h2-3,5-10,18H,4,11-16H2,1H3. The first kappa shape index (κ1) is 21.8. The third kappa shape index (κ3) is 5.63. The molecule has 2 aromatic carbocycles. The molecule has 8 heteroatoms. The van der Waals surface area contributed by atoms with Crippen molar-refractivity contribution in [1.29, 1.82) is 0 Å². The summed E-state index contributed by atoms with van der Waals surface area (Å²) in [6.45, 7) is 1.49. The number of ether oxygens (including phenoxy) is 2. The van der Waals surface area contributed by atoms with E-state index in [0.29, 0.717) is 43.4 Å². The van der Waals surface area contributed by atoms with Gasteiger partial charge >= 0.3 is 0 Å². The Bertz CT molecular complexity index is 1010. The Morgan fingerprint density at radius 2 is 1.78 bits per heavy atom. The Balaban J connectivity index is 1.21. The third-order valence-electron chi connectivity index (χ3n) is 5.66. The number of carbonyl (C=O) groups excluding carboxylic acids is 1. The Hall–Kier alpha value is -3.42. The van der Waals surface area contributed by atoms with E-state index in [1.807, 2.05) is 29.2 Å². The van der Waals surface area contributed by atoms with Crippen molar-refractivity contribution in [2.75, 3.05) is 20.2 Å². The Kier molecular flexibility index (Phi) is 6.99. The summed E-state index contributed by atoms with van der Waals surface area (Å²) < 4.78 is 29.0. The van der Waals surface area contributed by atoms with Crippen molar-refractivity contribution in [3.63, 3.8) is 0 Å². The molecule has 0 saturated carbocycles. The van der Waals surface area contributed by atoms with Crippen molar-refractivity contribution in [1.82, 2.24) is 15.0 Å². The summed E-state index contributed by atoms with van der Waals surface area (Å²) in [7, 11) is 1.64. The number of rotatable bonds is 8. The lowest BCUT2D eigenvalue weighted by atomic mass is 9.95. The molecule has 32 heavy (non-hydrogen) atoms. The van der Waals surface area contributed by atoms with Crippen LogP contribution in [0.15, 0.2) is 53.1 Å². The normalized spacial score (nSPS) is 14.4. The fraction of sp³-hybridized carbons (Fsp3) is 0.375. The lowest BCUT2D eigenvalue weighted by molar-refractivity contribution is -0.132. The van der Waals surface area contributed by atoms with Crippen molar-refractivity contribution < 1.29 is 23.2 Å². The van der Waals surface area contributed by atoms with Gasteiger partial charge in [0.15, 0.2) is 12.4 Å². The van der Waals surface area contributed by atoms with Gasteiger partial charge < -0.3 is 18.9 Å². The molecule has 4 rings (SSSR count). The molecular weight excluding hydrogens is 413 g/mol. The van der Waals surface area contributed by atoms with Gasteiger partial charge in [0.25, 0.3) is 5.89 Å². The highest BCUT2D eigenvalue weighted by atomic mass is 19.1. The van der Waals surface area contributed by atoms with Crippen molar-refractivity contribution in [2.24, 2.45) is 0 Å². The van der Waals surface area contributed by atoms with Crippen LogP contribution in [0.25, 0.3) is 0 Å². The number of amides is 1. The van der Waals surface area contributed by atoms with E-state index in [4.69, 9.17) is 14.0 Å². The Labute approximate surface area is 186 Å². The average Bonchev–Trinajstić information content (AvgIpc) is 3.32. The lowest BCUT2D eigenvalue weighted by Gasteiger charge is -2.30. The fourth-order valence-corrected chi connectivity index (χ4v) is 3.76. The van der Waals surface area contributed by atoms with Crippen LogP contribution in [-0.2, 0) is 17.8 Å². The van der Waals surface area contributed by atoms with Gasteiger partial charge in [-0.05, 0) is 61.2 Å². The van der Waals surface area contributed by atoms with Crippen LogP contribution < -0.4 is 9.47 Å². The van der Waals surface area contributed by atoms with Crippen LogP contribution in [0.3, 0.4) is 0 Å². The first-order valence-corrected chi connectivity index (χ1v) is 10.7. The summed E-state index contributed by atoms with van der Waals surface area (Å²) in [5, 5.41) is 4.09. The summed E-state index contributed by atoms with van der Waals surface area (Å²) in [6.07, 6.45) is 2.80. The fourth-order valence-electron chi connectivity index (χ4n) is 3.76.